The van der Waals surface area contributed by atoms with Crippen molar-refractivity contribution in [3.05, 3.63) is 35.8 Å². The standard InChI is InChI=1S/C13H14F3N3OS/c1-9-2-3-11-18-10(5-19(11)4-9)6-21-7-12(20)17-8-13(14,15)16/h2-5H,6-8H2,1H3,(H,17,20). The highest BCUT2D eigenvalue weighted by Gasteiger charge is 2.27. The van der Waals surface area contributed by atoms with Crippen LogP contribution in [0.1, 0.15) is 11.3 Å². The van der Waals surface area contributed by atoms with Gasteiger partial charge in [0.05, 0.1) is 11.4 Å². The molecule has 1 N–H and O–H groups in total. The minimum atomic E-state index is -4.38. The van der Waals surface area contributed by atoms with Gasteiger partial charge in [-0.15, -0.1) is 11.8 Å². The Kier molecular flexibility index (Phi) is 4.76. The molecule has 0 spiro atoms. The highest BCUT2D eigenvalue weighted by Crippen LogP contribution is 2.15. The van der Waals surface area contributed by atoms with Crippen LogP contribution in [-0.4, -0.2) is 33.8 Å². The fourth-order valence-corrected chi connectivity index (χ4v) is 2.46. The minimum absolute atomic E-state index is 0.0248. The Morgan fingerprint density at radius 1 is 1.38 bits per heavy atom. The number of carbonyl (C=O) groups is 1. The Labute approximate surface area is 123 Å². The molecular weight excluding hydrogens is 303 g/mol. The zero-order valence-electron chi connectivity index (χ0n) is 11.3. The molecule has 0 bridgehead atoms. The van der Waals surface area contributed by atoms with Gasteiger partial charge in [0, 0.05) is 18.1 Å². The van der Waals surface area contributed by atoms with Crippen LogP contribution < -0.4 is 5.32 Å². The maximum Gasteiger partial charge on any atom is 0.405 e. The van der Waals surface area contributed by atoms with E-state index in [0.717, 1.165) is 16.9 Å². The number of nitrogens with zero attached hydrogens (tertiary/aromatic N) is 2. The molecule has 0 aliphatic rings. The van der Waals surface area contributed by atoms with Crippen molar-refractivity contribution in [2.75, 3.05) is 12.3 Å². The molecule has 0 radical (unpaired) electrons. The number of imidazole rings is 1. The molecule has 0 saturated heterocycles. The molecule has 4 nitrogen and oxygen atoms in total. The largest absolute Gasteiger partial charge is 0.405 e. The van der Waals surface area contributed by atoms with Crippen molar-refractivity contribution in [3.63, 3.8) is 0 Å². The second kappa shape index (κ2) is 6.38. The quantitative estimate of drug-likeness (QED) is 0.922. The lowest BCUT2D eigenvalue weighted by molar-refractivity contribution is -0.136. The third-order valence-corrected chi connectivity index (χ3v) is 3.58. The molecule has 0 atom stereocenters. The fourth-order valence-electron chi connectivity index (χ4n) is 1.72. The average molecular weight is 317 g/mol. The Morgan fingerprint density at radius 3 is 2.86 bits per heavy atom. The summed E-state index contributed by atoms with van der Waals surface area (Å²) in [7, 11) is 0. The minimum Gasteiger partial charge on any atom is -0.346 e. The Hall–Kier alpha value is -1.70. The molecule has 0 aliphatic heterocycles. The predicted molar refractivity (Wildman–Crippen MR) is 75.2 cm³/mol. The van der Waals surface area contributed by atoms with E-state index in [1.807, 2.05) is 41.2 Å². The third-order valence-electron chi connectivity index (χ3n) is 2.62. The van der Waals surface area contributed by atoms with E-state index in [9.17, 15) is 18.0 Å². The van der Waals surface area contributed by atoms with Crippen molar-refractivity contribution in [1.29, 1.82) is 0 Å². The Bertz CT molecular complexity index is 639. The summed E-state index contributed by atoms with van der Waals surface area (Å²) < 4.78 is 37.6. The maximum absolute atomic E-state index is 11.9. The summed E-state index contributed by atoms with van der Waals surface area (Å²) in [5.41, 5.74) is 2.69. The molecule has 114 valence electrons. The lowest BCUT2D eigenvalue weighted by atomic mass is 10.3. The Balaban J connectivity index is 1.81. The monoisotopic (exact) mass is 317 g/mol. The topological polar surface area (TPSA) is 46.4 Å². The molecule has 2 rings (SSSR count). The van der Waals surface area contributed by atoms with Crippen molar-refractivity contribution in [3.8, 4) is 0 Å². The molecule has 0 unspecified atom stereocenters. The van der Waals surface area contributed by atoms with Crippen LogP contribution in [0.4, 0.5) is 13.2 Å². The zero-order valence-corrected chi connectivity index (χ0v) is 12.1. The lowest BCUT2D eigenvalue weighted by Gasteiger charge is -2.07. The van der Waals surface area contributed by atoms with E-state index in [4.69, 9.17) is 0 Å². The molecule has 2 aromatic rings. The van der Waals surface area contributed by atoms with Crippen molar-refractivity contribution >= 4 is 23.3 Å². The highest BCUT2D eigenvalue weighted by molar-refractivity contribution is 7.99. The van der Waals surface area contributed by atoms with Crippen molar-refractivity contribution in [1.82, 2.24) is 14.7 Å². The van der Waals surface area contributed by atoms with E-state index in [1.54, 1.807) is 0 Å². The number of halogens is 3. The van der Waals surface area contributed by atoms with Crippen molar-refractivity contribution < 1.29 is 18.0 Å². The molecule has 8 heteroatoms. The maximum atomic E-state index is 11.9. The zero-order chi connectivity index (χ0) is 15.5. The second-order valence-corrected chi connectivity index (χ2v) is 5.57. The number of hydrogen-bond acceptors (Lipinski definition) is 3. The number of hydrogen-bond donors (Lipinski definition) is 1. The van der Waals surface area contributed by atoms with E-state index in [0.29, 0.717) is 5.75 Å². The van der Waals surface area contributed by atoms with Gasteiger partial charge in [-0.25, -0.2) is 4.98 Å². The summed E-state index contributed by atoms with van der Waals surface area (Å²) >= 11 is 1.23. The summed E-state index contributed by atoms with van der Waals surface area (Å²) in [6.07, 6.45) is -0.588. The number of aryl methyl sites for hydroxylation is 1. The molecular formula is C13H14F3N3OS. The first-order valence-corrected chi connectivity index (χ1v) is 7.34. The van der Waals surface area contributed by atoms with Crippen molar-refractivity contribution in [2.24, 2.45) is 0 Å². The van der Waals surface area contributed by atoms with E-state index < -0.39 is 18.6 Å². The molecule has 21 heavy (non-hydrogen) atoms. The molecule has 0 aromatic carbocycles. The van der Waals surface area contributed by atoms with E-state index in [-0.39, 0.29) is 5.75 Å². The number of carbonyl (C=O) groups excluding carboxylic acids is 1. The third kappa shape index (κ3) is 4.96. The summed E-state index contributed by atoms with van der Waals surface area (Å²) in [4.78, 5) is 15.6. The SMILES string of the molecule is Cc1ccc2nc(CSCC(=O)NCC(F)(F)F)cn2c1. The number of nitrogens with one attached hydrogen (secondary N) is 1. The van der Waals surface area contributed by atoms with E-state index in [2.05, 4.69) is 4.98 Å². The number of amides is 1. The second-order valence-electron chi connectivity index (χ2n) is 4.59. The number of alkyl halides is 3. The van der Waals surface area contributed by atoms with Gasteiger partial charge < -0.3 is 9.72 Å². The van der Waals surface area contributed by atoms with Crippen LogP contribution in [0.3, 0.4) is 0 Å². The van der Waals surface area contributed by atoms with Crippen LogP contribution in [0.5, 0.6) is 0 Å². The first-order chi connectivity index (χ1) is 9.83. The van der Waals surface area contributed by atoms with Gasteiger partial charge in [-0.2, -0.15) is 13.2 Å². The summed E-state index contributed by atoms with van der Waals surface area (Å²) in [6.45, 7) is 0.679. The highest BCUT2D eigenvalue weighted by atomic mass is 32.2. The van der Waals surface area contributed by atoms with Gasteiger partial charge in [-0.3, -0.25) is 4.79 Å². The summed E-state index contributed by atoms with van der Waals surface area (Å²) in [6, 6.07) is 3.84. The van der Waals surface area contributed by atoms with Crippen LogP contribution in [0, 0.1) is 6.92 Å². The number of aromatic nitrogens is 2. The molecule has 0 saturated carbocycles. The number of thioether (sulfide) groups is 1. The number of fused-ring (bicyclic) bond motifs is 1. The van der Waals surface area contributed by atoms with Crippen LogP contribution in [0.15, 0.2) is 24.5 Å². The molecule has 0 fully saturated rings. The average Bonchev–Trinajstić information content (AvgIpc) is 2.77. The summed E-state index contributed by atoms with van der Waals surface area (Å²) in [5.74, 6) is -0.180. The van der Waals surface area contributed by atoms with Gasteiger partial charge in [-0.1, -0.05) is 6.07 Å². The smallest absolute Gasteiger partial charge is 0.346 e. The van der Waals surface area contributed by atoms with E-state index in [1.165, 1.54) is 11.8 Å². The van der Waals surface area contributed by atoms with Crippen molar-refractivity contribution in [2.45, 2.75) is 18.9 Å². The van der Waals surface area contributed by atoms with Crippen LogP contribution in [-0.2, 0) is 10.5 Å². The first-order valence-electron chi connectivity index (χ1n) is 6.19. The van der Waals surface area contributed by atoms with Gasteiger partial charge in [-0.05, 0) is 18.6 Å². The van der Waals surface area contributed by atoms with Crippen LogP contribution in [0.2, 0.25) is 0 Å². The van der Waals surface area contributed by atoms with E-state index >= 15 is 0 Å². The molecule has 2 aromatic heterocycles. The molecule has 1 amide bonds. The normalized spacial score (nSPS) is 11.8. The lowest BCUT2D eigenvalue weighted by Crippen LogP contribution is -2.34. The van der Waals surface area contributed by atoms with Gasteiger partial charge >= 0.3 is 6.18 Å². The van der Waals surface area contributed by atoms with Crippen LogP contribution in [0.25, 0.3) is 5.65 Å². The van der Waals surface area contributed by atoms with Gasteiger partial charge in [0.1, 0.15) is 12.2 Å². The van der Waals surface area contributed by atoms with Gasteiger partial charge in [0.25, 0.3) is 0 Å². The molecule has 2 heterocycles. The summed E-state index contributed by atoms with van der Waals surface area (Å²) in [5, 5.41) is 1.83. The van der Waals surface area contributed by atoms with Gasteiger partial charge in [0.15, 0.2) is 0 Å². The molecule has 0 aliphatic carbocycles. The fraction of sp³-hybridized carbons (Fsp3) is 0.385. The Morgan fingerprint density at radius 2 is 2.14 bits per heavy atom. The first kappa shape index (κ1) is 15.7. The number of rotatable bonds is 5. The predicted octanol–water partition coefficient (Wildman–Crippen LogP) is 2.55. The van der Waals surface area contributed by atoms with Gasteiger partial charge in [0.2, 0.25) is 5.91 Å². The number of pyridine rings is 1. The van der Waals surface area contributed by atoms with Crippen LogP contribution >= 0.6 is 11.8 Å².